The van der Waals surface area contributed by atoms with Crippen LogP contribution in [0.3, 0.4) is 0 Å². The molecule has 1 aliphatic carbocycles. The van der Waals surface area contributed by atoms with Crippen LogP contribution in [0.2, 0.25) is 0 Å². The monoisotopic (exact) mass is 254 g/mol. The molecule has 1 fully saturated rings. The zero-order valence-electron chi connectivity index (χ0n) is 11.6. The summed E-state index contributed by atoms with van der Waals surface area (Å²) in [4.78, 5) is 0. The summed E-state index contributed by atoms with van der Waals surface area (Å²) in [5, 5.41) is 6.13. The minimum Gasteiger partial charge on any atom is -0.324 e. The van der Waals surface area contributed by atoms with Crippen molar-refractivity contribution in [2.45, 2.75) is 31.7 Å². The molecule has 0 aromatic heterocycles. The second kappa shape index (κ2) is 4.95. The Morgan fingerprint density at radius 2 is 1.84 bits per heavy atom. The summed E-state index contributed by atoms with van der Waals surface area (Å²) in [5.74, 6) is 0. The molecule has 1 saturated carbocycles. The van der Waals surface area contributed by atoms with Crippen molar-refractivity contribution in [3.05, 3.63) is 47.5 Å². The third-order valence-electron chi connectivity index (χ3n) is 4.02. The molecule has 0 unspecified atom stereocenters. The first-order valence-corrected chi connectivity index (χ1v) is 7.14. The number of fused-ring (bicyclic) bond motifs is 1. The zero-order valence-corrected chi connectivity index (χ0v) is 11.6. The lowest BCUT2D eigenvalue weighted by atomic mass is 10.0. The predicted octanol–water partition coefficient (Wildman–Crippen LogP) is 2.77. The summed E-state index contributed by atoms with van der Waals surface area (Å²) >= 11 is 0. The number of rotatable bonds is 5. The highest BCUT2D eigenvalue weighted by atomic mass is 15.0. The molecule has 100 valence electrons. The van der Waals surface area contributed by atoms with Gasteiger partial charge in [-0.15, -0.1) is 0 Å². The smallest absolute Gasteiger partial charge is 0.0282 e. The Bertz CT molecular complexity index is 585. The van der Waals surface area contributed by atoms with Crippen molar-refractivity contribution in [2.75, 3.05) is 13.1 Å². The fourth-order valence-corrected chi connectivity index (χ4v) is 2.48. The summed E-state index contributed by atoms with van der Waals surface area (Å²) in [7, 11) is 0. The molecule has 0 atom stereocenters. The van der Waals surface area contributed by atoms with E-state index in [0.717, 1.165) is 19.5 Å². The van der Waals surface area contributed by atoms with E-state index in [4.69, 9.17) is 5.73 Å². The van der Waals surface area contributed by atoms with Crippen LogP contribution in [-0.4, -0.2) is 18.6 Å². The maximum atomic E-state index is 6.05. The Hall–Kier alpha value is -1.38. The molecule has 0 heterocycles. The van der Waals surface area contributed by atoms with Gasteiger partial charge in [-0.1, -0.05) is 42.0 Å². The van der Waals surface area contributed by atoms with E-state index in [1.165, 1.54) is 34.7 Å². The van der Waals surface area contributed by atoms with Crippen LogP contribution in [0.25, 0.3) is 10.8 Å². The number of nitrogens with one attached hydrogen (secondary N) is 1. The molecule has 2 heteroatoms. The van der Waals surface area contributed by atoms with Crippen LogP contribution >= 0.6 is 0 Å². The molecule has 3 N–H and O–H groups in total. The minimum absolute atomic E-state index is 0.112. The summed E-state index contributed by atoms with van der Waals surface area (Å²) in [6.45, 7) is 4.11. The van der Waals surface area contributed by atoms with E-state index >= 15 is 0 Å². The Balaban J connectivity index is 1.60. The fraction of sp³-hybridized carbons (Fsp3) is 0.412. The lowest BCUT2D eigenvalue weighted by molar-refractivity contribution is 0.571. The molecule has 2 aromatic carbocycles. The second-order valence-corrected chi connectivity index (χ2v) is 5.97. The molecule has 0 spiro atoms. The third-order valence-corrected chi connectivity index (χ3v) is 4.02. The highest BCUT2D eigenvalue weighted by Crippen LogP contribution is 2.30. The van der Waals surface area contributed by atoms with Gasteiger partial charge >= 0.3 is 0 Å². The van der Waals surface area contributed by atoms with Gasteiger partial charge in [-0.2, -0.15) is 0 Å². The summed E-state index contributed by atoms with van der Waals surface area (Å²) in [5.41, 5.74) is 8.88. The van der Waals surface area contributed by atoms with Gasteiger partial charge in [0.05, 0.1) is 0 Å². The van der Waals surface area contributed by atoms with Gasteiger partial charge in [-0.3, -0.25) is 0 Å². The molecular weight excluding hydrogens is 232 g/mol. The van der Waals surface area contributed by atoms with Crippen LogP contribution in [0.4, 0.5) is 0 Å². The highest BCUT2D eigenvalue weighted by molar-refractivity contribution is 5.83. The Labute approximate surface area is 115 Å². The van der Waals surface area contributed by atoms with Crippen molar-refractivity contribution in [3.63, 3.8) is 0 Å². The molecule has 0 amide bonds. The first kappa shape index (κ1) is 12.6. The van der Waals surface area contributed by atoms with Crippen LogP contribution in [0, 0.1) is 6.92 Å². The molecular formula is C17H22N2. The Morgan fingerprint density at radius 1 is 1.11 bits per heavy atom. The number of aryl methyl sites for hydroxylation is 1. The molecule has 0 saturated heterocycles. The van der Waals surface area contributed by atoms with Crippen molar-refractivity contribution in [1.82, 2.24) is 5.32 Å². The maximum absolute atomic E-state index is 6.05. The number of benzene rings is 2. The van der Waals surface area contributed by atoms with Crippen LogP contribution in [0.15, 0.2) is 36.4 Å². The molecule has 2 aromatic rings. The average Bonchev–Trinajstić information content (AvgIpc) is 3.13. The first-order valence-electron chi connectivity index (χ1n) is 7.14. The number of hydrogen-bond acceptors (Lipinski definition) is 2. The van der Waals surface area contributed by atoms with Gasteiger partial charge in [-0.05, 0) is 49.1 Å². The van der Waals surface area contributed by atoms with E-state index in [-0.39, 0.29) is 5.54 Å². The van der Waals surface area contributed by atoms with Gasteiger partial charge in [0.15, 0.2) is 0 Å². The predicted molar refractivity (Wildman–Crippen MR) is 81.4 cm³/mol. The van der Waals surface area contributed by atoms with Crippen molar-refractivity contribution >= 4 is 10.8 Å². The van der Waals surface area contributed by atoms with E-state index in [9.17, 15) is 0 Å². The largest absolute Gasteiger partial charge is 0.324 e. The average molecular weight is 254 g/mol. The third kappa shape index (κ3) is 3.14. The minimum atomic E-state index is 0.112. The van der Waals surface area contributed by atoms with Gasteiger partial charge in [-0.25, -0.2) is 0 Å². The van der Waals surface area contributed by atoms with Crippen molar-refractivity contribution in [1.29, 1.82) is 0 Å². The van der Waals surface area contributed by atoms with Crippen molar-refractivity contribution in [2.24, 2.45) is 5.73 Å². The second-order valence-electron chi connectivity index (χ2n) is 5.97. The first-order chi connectivity index (χ1) is 9.15. The number of hydrogen-bond donors (Lipinski definition) is 2. The van der Waals surface area contributed by atoms with Crippen LogP contribution in [-0.2, 0) is 6.42 Å². The highest BCUT2D eigenvalue weighted by Gasteiger charge is 2.37. The normalized spacial score (nSPS) is 16.7. The molecule has 0 bridgehead atoms. The van der Waals surface area contributed by atoms with Crippen molar-refractivity contribution in [3.8, 4) is 0 Å². The topological polar surface area (TPSA) is 38.0 Å². The van der Waals surface area contributed by atoms with E-state index < -0.39 is 0 Å². The summed E-state index contributed by atoms with van der Waals surface area (Å²) < 4.78 is 0. The SMILES string of the molecule is Cc1ccc2cc(CCNCC3(N)CC3)ccc2c1. The molecule has 0 radical (unpaired) electrons. The van der Waals surface area contributed by atoms with Gasteiger partial charge in [0.2, 0.25) is 0 Å². The van der Waals surface area contributed by atoms with Gasteiger partial charge in [0, 0.05) is 12.1 Å². The van der Waals surface area contributed by atoms with Gasteiger partial charge < -0.3 is 11.1 Å². The Kier molecular flexibility index (Phi) is 3.29. The van der Waals surface area contributed by atoms with Crippen molar-refractivity contribution < 1.29 is 0 Å². The summed E-state index contributed by atoms with van der Waals surface area (Å²) in [6, 6.07) is 13.4. The van der Waals surface area contributed by atoms with Gasteiger partial charge in [0.25, 0.3) is 0 Å². The standard InChI is InChI=1S/C17H22N2/c1-13-2-4-16-11-14(3-5-15(16)10-13)6-9-19-12-17(18)7-8-17/h2-5,10-11,19H,6-9,12,18H2,1H3. The van der Waals surface area contributed by atoms with Crippen LogP contribution < -0.4 is 11.1 Å². The lowest BCUT2D eigenvalue weighted by Crippen LogP contribution is -2.36. The quantitative estimate of drug-likeness (QED) is 0.805. The van der Waals surface area contributed by atoms with Gasteiger partial charge in [0.1, 0.15) is 0 Å². The van der Waals surface area contributed by atoms with E-state index in [1.54, 1.807) is 0 Å². The van der Waals surface area contributed by atoms with E-state index in [1.807, 2.05) is 0 Å². The molecule has 3 rings (SSSR count). The van der Waals surface area contributed by atoms with E-state index in [0.29, 0.717) is 0 Å². The Morgan fingerprint density at radius 3 is 2.63 bits per heavy atom. The number of nitrogens with two attached hydrogens (primary N) is 1. The molecule has 0 aliphatic heterocycles. The molecule has 2 nitrogen and oxygen atoms in total. The van der Waals surface area contributed by atoms with Crippen LogP contribution in [0.1, 0.15) is 24.0 Å². The lowest BCUT2D eigenvalue weighted by Gasteiger charge is -2.10. The molecule has 1 aliphatic rings. The van der Waals surface area contributed by atoms with E-state index in [2.05, 4.69) is 48.6 Å². The fourth-order valence-electron chi connectivity index (χ4n) is 2.48. The zero-order chi connectivity index (χ0) is 13.3. The maximum Gasteiger partial charge on any atom is 0.0282 e. The van der Waals surface area contributed by atoms with Crippen LogP contribution in [0.5, 0.6) is 0 Å². The molecule has 19 heavy (non-hydrogen) atoms. The summed E-state index contributed by atoms with van der Waals surface area (Å²) in [6.07, 6.45) is 3.42.